The van der Waals surface area contributed by atoms with E-state index < -0.39 is 0 Å². The third-order valence-corrected chi connectivity index (χ3v) is 3.29. The largest absolute Gasteiger partial charge is 0.246 e. The fourth-order valence-electron chi connectivity index (χ4n) is 0.973. The summed E-state index contributed by atoms with van der Waals surface area (Å²) < 4.78 is 0. The molecule has 0 aromatic carbocycles. The lowest BCUT2D eigenvalue weighted by Gasteiger charge is -1.95. The molecule has 5 heteroatoms. The van der Waals surface area contributed by atoms with Crippen LogP contribution in [0.5, 0.6) is 0 Å². The summed E-state index contributed by atoms with van der Waals surface area (Å²) in [5.41, 5.74) is 1.10. The van der Waals surface area contributed by atoms with E-state index in [9.17, 15) is 0 Å². The number of nitrogens with zero attached hydrogens (tertiary/aromatic N) is 3. The lowest BCUT2D eigenvalue weighted by molar-refractivity contribution is 0.965. The highest BCUT2D eigenvalue weighted by Gasteiger charge is 2.00. The molecule has 0 fully saturated rings. The molecular weight excluding hydrogens is 214 g/mol. The van der Waals surface area contributed by atoms with Gasteiger partial charge in [0.2, 0.25) is 0 Å². The van der Waals surface area contributed by atoms with Gasteiger partial charge in [0, 0.05) is 23.5 Å². The molecule has 0 amide bonds. The average molecular weight is 223 g/mol. The van der Waals surface area contributed by atoms with Crippen molar-refractivity contribution in [1.29, 1.82) is 0 Å². The second-order valence-corrected chi connectivity index (χ2v) is 4.68. The normalized spacial score (nSPS) is 10.4. The van der Waals surface area contributed by atoms with Gasteiger partial charge in [0.1, 0.15) is 0 Å². The summed E-state index contributed by atoms with van der Waals surface area (Å²) in [5, 5.41) is 3.98. The Labute approximate surface area is 90.6 Å². The highest BCUT2D eigenvalue weighted by molar-refractivity contribution is 7.98. The molecular formula is C9H9N3S2. The van der Waals surface area contributed by atoms with Gasteiger partial charge >= 0.3 is 0 Å². The molecule has 0 saturated carbocycles. The Hall–Kier alpha value is -0.940. The SMILES string of the molecule is Cc1nc(CSc2ncccn2)cs1. The predicted octanol–water partition coefficient (Wildman–Crippen LogP) is 2.53. The number of hydrogen-bond donors (Lipinski definition) is 0. The van der Waals surface area contributed by atoms with Crippen molar-refractivity contribution in [2.45, 2.75) is 17.8 Å². The molecule has 0 aliphatic carbocycles. The summed E-state index contributed by atoms with van der Waals surface area (Å²) in [7, 11) is 0. The molecule has 3 nitrogen and oxygen atoms in total. The molecule has 72 valence electrons. The number of rotatable bonds is 3. The van der Waals surface area contributed by atoms with Crippen LogP contribution >= 0.6 is 23.1 Å². The summed E-state index contributed by atoms with van der Waals surface area (Å²) in [6.07, 6.45) is 3.50. The Kier molecular flexibility index (Phi) is 3.10. The van der Waals surface area contributed by atoms with Crippen LogP contribution in [0, 0.1) is 6.92 Å². The fourth-order valence-corrected chi connectivity index (χ4v) is 2.39. The number of aromatic nitrogens is 3. The van der Waals surface area contributed by atoms with Crippen LogP contribution in [0.15, 0.2) is 29.0 Å². The Morgan fingerprint density at radius 3 is 2.79 bits per heavy atom. The third-order valence-electron chi connectivity index (χ3n) is 1.56. The summed E-state index contributed by atoms with van der Waals surface area (Å²) >= 11 is 3.28. The van der Waals surface area contributed by atoms with E-state index in [0.717, 1.165) is 21.6 Å². The first kappa shape index (κ1) is 9.61. The van der Waals surface area contributed by atoms with Crippen LogP contribution in [0.1, 0.15) is 10.7 Å². The first-order chi connectivity index (χ1) is 6.84. The van der Waals surface area contributed by atoms with E-state index >= 15 is 0 Å². The quantitative estimate of drug-likeness (QED) is 0.592. The monoisotopic (exact) mass is 223 g/mol. The summed E-state index contributed by atoms with van der Waals surface area (Å²) in [6.45, 7) is 2.01. The third kappa shape index (κ3) is 2.52. The van der Waals surface area contributed by atoms with E-state index in [4.69, 9.17) is 0 Å². The first-order valence-corrected chi connectivity index (χ1v) is 6.02. The fraction of sp³-hybridized carbons (Fsp3) is 0.222. The van der Waals surface area contributed by atoms with Crippen molar-refractivity contribution in [1.82, 2.24) is 15.0 Å². The minimum atomic E-state index is 0.804. The zero-order chi connectivity index (χ0) is 9.80. The summed E-state index contributed by atoms with van der Waals surface area (Å²) in [4.78, 5) is 12.6. The van der Waals surface area contributed by atoms with Crippen molar-refractivity contribution in [3.8, 4) is 0 Å². The molecule has 14 heavy (non-hydrogen) atoms. The van der Waals surface area contributed by atoms with E-state index in [2.05, 4.69) is 20.3 Å². The topological polar surface area (TPSA) is 38.7 Å². The second-order valence-electron chi connectivity index (χ2n) is 2.68. The Balaban J connectivity index is 1.95. The number of hydrogen-bond acceptors (Lipinski definition) is 5. The van der Waals surface area contributed by atoms with Gasteiger partial charge in [-0.15, -0.1) is 11.3 Å². The van der Waals surface area contributed by atoms with E-state index in [1.807, 2.05) is 13.0 Å². The maximum atomic E-state index is 4.37. The van der Waals surface area contributed by atoms with Gasteiger partial charge in [0.05, 0.1) is 10.7 Å². The zero-order valence-electron chi connectivity index (χ0n) is 7.67. The average Bonchev–Trinajstić information content (AvgIpc) is 2.63. The molecule has 2 aromatic rings. The van der Waals surface area contributed by atoms with Crippen LogP contribution in [0.25, 0.3) is 0 Å². The molecule has 0 aliphatic rings. The minimum Gasteiger partial charge on any atom is -0.246 e. The van der Waals surface area contributed by atoms with Crippen molar-refractivity contribution in [2.24, 2.45) is 0 Å². The lowest BCUT2D eigenvalue weighted by atomic mass is 10.6. The van der Waals surface area contributed by atoms with Gasteiger partial charge in [-0.1, -0.05) is 11.8 Å². The molecule has 0 unspecified atom stereocenters. The van der Waals surface area contributed by atoms with E-state index in [0.29, 0.717) is 0 Å². The number of aryl methyl sites for hydroxylation is 1. The van der Waals surface area contributed by atoms with Crippen LogP contribution in [0.4, 0.5) is 0 Å². The standard InChI is InChI=1S/C9H9N3S2/c1-7-12-8(5-13-7)6-14-9-10-3-2-4-11-9/h2-5H,6H2,1H3. The van der Waals surface area contributed by atoms with Crippen LogP contribution in [0.2, 0.25) is 0 Å². The lowest BCUT2D eigenvalue weighted by Crippen LogP contribution is -1.85. The van der Waals surface area contributed by atoms with Crippen molar-refractivity contribution in [2.75, 3.05) is 0 Å². The number of thiazole rings is 1. The van der Waals surface area contributed by atoms with Gasteiger partial charge < -0.3 is 0 Å². The highest BCUT2D eigenvalue weighted by Crippen LogP contribution is 2.19. The van der Waals surface area contributed by atoms with E-state index in [-0.39, 0.29) is 0 Å². The number of thioether (sulfide) groups is 1. The van der Waals surface area contributed by atoms with Crippen molar-refractivity contribution >= 4 is 23.1 Å². The molecule has 2 rings (SSSR count). The van der Waals surface area contributed by atoms with Gasteiger partial charge in [-0.05, 0) is 13.0 Å². The highest BCUT2D eigenvalue weighted by atomic mass is 32.2. The van der Waals surface area contributed by atoms with Gasteiger partial charge in [-0.25, -0.2) is 15.0 Å². The Bertz CT molecular complexity index is 399. The zero-order valence-corrected chi connectivity index (χ0v) is 9.31. The molecule has 2 aromatic heterocycles. The molecule has 0 N–H and O–H groups in total. The summed E-state index contributed by atoms with van der Waals surface area (Å²) in [6, 6.07) is 1.82. The molecule has 0 aliphatic heterocycles. The van der Waals surface area contributed by atoms with Crippen molar-refractivity contribution < 1.29 is 0 Å². The second kappa shape index (κ2) is 4.52. The van der Waals surface area contributed by atoms with Crippen molar-refractivity contribution in [3.05, 3.63) is 34.5 Å². The van der Waals surface area contributed by atoms with Gasteiger partial charge in [-0.2, -0.15) is 0 Å². The van der Waals surface area contributed by atoms with Gasteiger partial charge in [-0.3, -0.25) is 0 Å². The Morgan fingerprint density at radius 2 is 2.14 bits per heavy atom. The Morgan fingerprint density at radius 1 is 1.36 bits per heavy atom. The molecule has 0 atom stereocenters. The van der Waals surface area contributed by atoms with Gasteiger partial charge in [0.25, 0.3) is 0 Å². The molecule has 0 spiro atoms. The maximum absolute atomic E-state index is 4.37. The first-order valence-electron chi connectivity index (χ1n) is 4.15. The van der Waals surface area contributed by atoms with E-state index in [1.54, 1.807) is 35.5 Å². The predicted molar refractivity (Wildman–Crippen MR) is 58.4 cm³/mol. The van der Waals surface area contributed by atoms with E-state index in [1.165, 1.54) is 0 Å². The summed E-state index contributed by atoms with van der Waals surface area (Å²) in [5.74, 6) is 0.842. The van der Waals surface area contributed by atoms with Crippen LogP contribution in [-0.2, 0) is 5.75 Å². The molecule has 0 saturated heterocycles. The molecule has 2 heterocycles. The van der Waals surface area contributed by atoms with Crippen LogP contribution in [0.3, 0.4) is 0 Å². The molecule has 0 bridgehead atoms. The maximum Gasteiger partial charge on any atom is 0.187 e. The van der Waals surface area contributed by atoms with Crippen LogP contribution in [-0.4, -0.2) is 15.0 Å². The minimum absolute atomic E-state index is 0.804. The van der Waals surface area contributed by atoms with Crippen LogP contribution < -0.4 is 0 Å². The van der Waals surface area contributed by atoms with Crippen molar-refractivity contribution in [3.63, 3.8) is 0 Å². The van der Waals surface area contributed by atoms with Gasteiger partial charge in [0.15, 0.2) is 5.16 Å². The smallest absolute Gasteiger partial charge is 0.187 e. The molecule has 0 radical (unpaired) electrons.